The molecule has 3 nitrogen and oxygen atoms in total. The quantitative estimate of drug-likeness (QED) is 0.906. The Morgan fingerprint density at radius 2 is 1.86 bits per heavy atom. The third-order valence-corrected chi connectivity index (χ3v) is 4.09. The lowest BCUT2D eigenvalue weighted by molar-refractivity contribution is 0.281. The van der Waals surface area contributed by atoms with Crippen LogP contribution in [0.1, 0.15) is 41.1 Å². The minimum absolute atomic E-state index is 0.0733. The molecule has 0 spiro atoms. The van der Waals surface area contributed by atoms with Crippen molar-refractivity contribution < 1.29 is 9.84 Å². The zero-order valence-corrected chi connectivity index (χ0v) is 12.1. The lowest BCUT2D eigenvalue weighted by Gasteiger charge is -2.22. The molecule has 3 N–H and O–H groups in total. The standard InChI is InChI=1S/C18H21NO2/c19-18-3-1-2-15-8-9-16(10-17(15)18)21-12-14-6-4-13(11-20)5-7-14/h4-10,18,20H,1-3,11-12,19H2. The van der Waals surface area contributed by atoms with Crippen LogP contribution in [0.4, 0.5) is 0 Å². The summed E-state index contributed by atoms with van der Waals surface area (Å²) in [6.45, 7) is 0.601. The van der Waals surface area contributed by atoms with Gasteiger partial charge in [-0.15, -0.1) is 0 Å². The second-order valence-corrected chi connectivity index (χ2v) is 5.62. The van der Waals surface area contributed by atoms with Gasteiger partial charge in [-0.1, -0.05) is 30.3 Å². The van der Waals surface area contributed by atoms with Crippen LogP contribution < -0.4 is 10.5 Å². The van der Waals surface area contributed by atoms with Crippen molar-refractivity contribution in [2.45, 2.75) is 38.5 Å². The normalized spacial score (nSPS) is 17.3. The molecule has 110 valence electrons. The average molecular weight is 283 g/mol. The summed E-state index contributed by atoms with van der Waals surface area (Å²) in [4.78, 5) is 0. The van der Waals surface area contributed by atoms with E-state index in [9.17, 15) is 0 Å². The van der Waals surface area contributed by atoms with Gasteiger partial charge in [-0.2, -0.15) is 0 Å². The first-order valence-corrected chi connectivity index (χ1v) is 7.46. The molecule has 0 aromatic heterocycles. The predicted octanol–water partition coefficient (Wildman–Crippen LogP) is 3.09. The summed E-state index contributed by atoms with van der Waals surface area (Å²) in [5, 5.41) is 9.03. The van der Waals surface area contributed by atoms with Crippen molar-refractivity contribution in [2.75, 3.05) is 0 Å². The number of aliphatic hydroxyl groups is 1. The first-order valence-electron chi connectivity index (χ1n) is 7.46. The van der Waals surface area contributed by atoms with Crippen LogP contribution in [0.25, 0.3) is 0 Å². The van der Waals surface area contributed by atoms with Gasteiger partial charge in [0, 0.05) is 6.04 Å². The van der Waals surface area contributed by atoms with E-state index in [1.165, 1.54) is 17.5 Å². The molecule has 2 aromatic rings. The Balaban J connectivity index is 1.68. The van der Waals surface area contributed by atoms with E-state index in [4.69, 9.17) is 15.6 Å². The summed E-state index contributed by atoms with van der Waals surface area (Å²) >= 11 is 0. The summed E-state index contributed by atoms with van der Waals surface area (Å²) in [7, 11) is 0. The maximum Gasteiger partial charge on any atom is 0.120 e. The molecule has 21 heavy (non-hydrogen) atoms. The van der Waals surface area contributed by atoms with Crippen LogP contribution in [0.15, 0.2) is 42.5 Å². The number of rotatable bonds is 4. The van der Waals surface area contributed by atoms with E-state index in [0.717, 1.165) is 29.7 Å². The van der Waals surface area contributed by atoms with E-state index >= 15 is 0 Å². The number of hydrogen-bond acceptors (Lipinski definition) is 3. The lowest BCUT2D eigenvalue weighted by Crippen LogP contribution is -2.17. The number of fused-ring (bicyclic) bond motifs is 1. The zero-order valence-electron chi connectivity index (χ0n) is 12.1. The maximum atomic E-state index is 9.03. The summed E-state index contributed by atoms with van der Waals surface area (Å²) in [5.74, 6) is 0.873. The third kappa shape index (κ3) is 3.26. The van der Waals surface area contributed by atoms with Crippen molar-refractivity contribution in [1.29, 1.82) is 0 Å². The average Bonchev–Trinajstić information content (AvgIpc) is 2.54. The molecule has 0 saturated heterocycles. The molecular weight excluding hydrogens is 262 g/mol. The molecule has 0 saturated carbocycles. The minimum Gasteiger partial charge on any atom is -0.489 e. The molecule has 0 amide bonds. The smallest absolute Gasteiger partial charge is 0.120 e. The highest BCUT2D eigenvalue weighted by Crippen LogP contribution is 2.31. The molecule has 0 bridgehead atoms. The van der Waals surface area contributed by atoms with Crippen LogP contribution in [0.3, 0.4) is 0 Å². The third-order valence-electron chi connectivity index (χ3n) is 4.09. The number of aliphatic hydroxyl groups excluding tert-OH is 1. The highest BCUT2D eigenvalue weighted by Gasteiger charge is 2.17. The van der Waals surface area contributed by atoms with Crippen LogP contribution in [0.2, 0.25) is 0 Å². The van der Waals surface area contributed by atoms with Crippen molar-refractivity contribution in [3.05, 3.63) is 64.7 Å². The van der Waals surface area contributed by atoms with Gasteiger partial charge in [-0.05, 0) is 53.6 Å². The Kier molecular flexibility index (Phi) is 4.23. The molecular formula is C18H21NO2. The van der Waals surface area contributed by atoms with Gasteiger partial charge in [0.15, 0.2) is 0 Å². The number of nitrogens with two attached hydrogens (primary N) is 1. The molecule has 3 heteroatoms. The molecule has 0 heterocycles. The predicted molar refractivity (Wildman–Crippen MR) is 83.0 cm³/mol. The topological polar surface area (TPSA) is 55.5 Å². The van der Waals surface area contributed by atoms with E-state index in [2.05, 4.69) is 12.1 Å². The Bertz CT molecular complexity index is 607. The van der Waals surface area contributed by atoms with Crippen molar-refractivity contribution in [2.24, 2.45) is 5.73 Å². The van der Waals surface area contributed by atoms with Crippen LogP contribution in [0, 0.1) is 0 Å². The Morgan fingerprint density at radius 1 is 1.10 bits per heavy atom. The van der Waals surface area contributed by atoms with Gasteiger partial charge in [-0.3, -0.25) is 0 Å². The first-order chi connectivity index (χ1) is 10.3. The molecule has 2 aromatic carbocycles. The van der Waals surface area contributed by atoms with E-state index in [-0.39, 0.29) is 12.6 Å². The van der Waals surface area contributed by atoms with Gasteiger partial charge in [0.25, 0.3) is 0 Å². The van der Waals surface area contributed by atoms with Crippen molar-refractivity contribution in [3.8, 4) is 5.75 Å². The van der Waals surface area contributed by atoms with E-state index < -0.39 is 0 Å². The largest absolute Gasteiger partial charge is 0.489 e. The van der Waals surface area contributed by atoms with E-state index in [1.807, 2.05) is 30.3 Å². The molecule has 3 rings (SSSR count). The summed E-state index contributed by atoms with van der Waals surface area (Å²) in [5.41, 5.74) is 10.8. The van der Waals surface area contributed by atoms with E-state index in [1.54, 1.807) is 0 Å². The van der Waals surface area contributed by atoms with Crippen molar-refractivity contribution in [1.82, 2.24) is 0 Å². The fourth-order valence-electron chi connectivity index (χ4n) is 2.81. The molecule has 1 aliphatic rings. The molecule has 0 aliphatic heterocycles. The Morgan fingerprint density at radius 3 is 2.62 bits per heavy atom. The molecule has 1 unspecified atom stereocenters. The monoisotopic (exact) mass is 283 g/mol. The van der Waals surface area contributed by atoms with Crippen LogP contribution >= 0.6 is 0 Å². The van der Waals surface area contributed by atoms with Crippen LogP contribution in [-0.4, -0.2) is 5.11 Å². The SMILES string of the molecule is NC1CCCc2ccc(OCc3ccc(CO)cc3)cc21. The molecule has 1 aliphatic carbocycles. The summed E-state index contributed by atoms with van der Waals surface area (Å²) < 4.78 is 5.86. The van der Waals surface area contributed by atoms with Crippen LogP contribution in [0.5, 0.6) is 5.75 Å². The van der Waals surface area contributed by atoms with Gasteiger partial charge in [0.05, 0.1) is 6.61 Å². The Hall–Kier alpha value is -1.84. The fraction of sp³-hybridized carbons (Fsp3) is 0.333. The lowest BCUT2D eigenvalue weighted by atomic mass is 9.88. The van der Waals surface area contributed by atoms with Gasteiger partial charge >= 0.3 is 0 Å². The second kappa shape index (κ2) is 6.29. The van der Waals surface area contributed by atoms with Crippen LogP contribution in [-0.2, 0) is 19.6 Å². The minimum atomic E-state index is 0.0733. The molecule has 1 atom stereocenters. The number of benzene rings is 2. The van der Waals surface area contributed by atoms with Crippen molar-refractivity contribution >= 4 is 0 Å². The summed E-state index contributed by atoms with van der Waals surface area (Å²) in [6.07, 6.45) is 3.34. The van der Waals surface area contributed by atoms with Gasteiger partial charge in [0.2, 0.25) is 0 Å². The number of aryl methyl sites for hydroxylation is 1. The highest BCUT2D eigenvalue weighted by molar-refractivity contribution is 5.39. The summed E-state index contributed by atoms with van der Waals surface area (Å²) in [6, 6.07) is 14.2. The fourth-order valence-corrected chi connectivity index (χ4v) is 2.81. The molecule has 0 fully saturated rings. The first kappa shape index (κ1) is 14.1. The number of hydrogen-bond donors (Lipinski definition) is 2. The highest BCUT2D eigenvalue weighted by atomic mass is 16.5. The molecule has 0 radical (unpaired) electrons. The van der Waals surface area contributed by atoms with Gasteiger partial charge in [0.1, 0.15) is 12.4 Å². The van der Waals surface area contributed by atoms with Gasteiger partial charge in [-0.25, -0.2) is 0 Å². The zero-order chi connectivity index (χ0) is 14.7. The van der Waals surface area contributed by atoms with E-state index in [0.29, 0.717) is 6.61 Å². The Labute approximate surface area is 125 Å². The van der Waals surface area contributed by atoms with Gasteiger partial charge < -0.3 is 15.6 Å². The van der Waals surface area contributed by atoms with Crippen molar-refractivity contribution in [3.63, 3.8) is 0 Å². The maximum absolute atomic E-state index is 9.03. The second-order valence-electron chi connectivity index (χ2n) is 5.62. The number of ether oxygens (including phenoxy) is 1.